The molecule has 0 saturated heterocycles. The topological polar surface area (TPSA) is 156 Å². The van der Waals surface area contributed by atoms with E-state index >= 15 is 0 Å². The number of benzene rings is 3. The van der Waals surface area contributed by atoms with Gasteiger partial charge in [0.2, 0.25) is 0 Å². The second-order valence-corrected chi connectivity index (χ2v) is 9.76. The Morgan fingerprint density at radius 1 is 0.953 bits per heavy atom. The van der Waals surface area contributed by atoms with Crippen LogP contribution in [-0.2, 0) is 19.1 Å². The smallest absolute Gasteiger partial charge is 0.355 e. The number of fused-ring (bicyclic) bond motifs is 1. The van der Waals surface area contributed by atoms with Gasteiger partial charge in [-0.05, 0) is 42.8 Å². The number of aromatic carboxylic acids is 1. The molecule has 43 heavy (non-hydrogen) atoms. The predicted octanol–water partition coefficient (Wildman–Crippen LogP) is 4.81. The number of nitrogens with two attached hydrogens (primary N) is 1. The largest absolute Gasteiger partial charge is 0.478 e. The zero-order valence-electron chi connectivity index (χ0n) is 23.5. The zero-order chi connectivity index (χ0) is 30.8. The number of esters is 2. The first-order chi connectivity index (χ1) is 20.7. The lowest BCUT2D eigenvalue weighted by atomic mass is 9.81. The molecule has 1 unspecified atom stereocenters. The van der Waals surface area contributed by atoms with Crippen molar-refractivity contribution in [2.45, 2.75) is 12.8 Å². The summed E-state index contributed by atoms with van der Waals surface area (Å²) in [5.74, 6) is -3.81. The molecule has 5 rings (SSSR count). The number of hydrogen-bond acceptors (Lipinski definition) is 9. The summed E-state index contributed by atoms with van der Waals surface area (Å²) < 4.78 is 10.1. The van der Waals surface area contributed by atoms with Crippen molar-refractivity contribution in [2.24, 2.45) is 5.73 Å². The number of aromatic nitrogens is 1. The minimum atomic E-state index is -1.08. The van der Waals surface area contributed by atoms with Crippen LogP contribution in [0.3, 0.4) is 0 Å². The molecule has 1 aliphatic heterocycles. The van der Waals surface area contributed by atoms with Crippen LogP contribution in [0.1, 0.15) is 27.4 Å². The highest BCUT2D eigenvalue weighted by Gasteiger charge is 2.43. The van der Waals surface area contributed by atoms with Crippen molar-refractivity contribution in [2.75, 3.05) is 19.1 Å². The fourth-order valence-electron chi connectivity index (χ4n) is 5.23. The van der Waals surface area contributed by atoms with E-state index < -0.39 is 23.8 Å². The van der Waals surface area contributed by atoms with E-state index in [9.17, 15) is 24.8 Å². The van der Waals surface area contributed by atoms with Crippen LogP contribution in [0.4, 0.5) is 5.69 Å². The number of ether oxygens (including phenoxy) is 2. The number of carbonyl (C=O) groups is 3. The number of carbonyl (C=O) groups excluding carboxylic acids is 2. The summed E-state index contributed by atoms with van der Waals surface area (Å²) in [6, 6.07) is 24.3. The third-order valence-electron chi connectivity index (χ3n) is 7.23. The Morgan fingerprint density at radius 2 is 1.63 bits per heavy atom. The highest BCUT2D eigenvalue weighted by atomic mass is 16.5. The summed E-state index contributed by atoms with van der Waals surface area (Å²) in [5, 5.41) is 20.6. The molecule has 0 saturated carbocycles. The lowest BCUT2D eigenvalue weighted by Crippen LogP contribution is -2.40. The molecule has 10 nitrogen and oxygen atoms in total. The fraction of sp³-hybridized carbons (Fsp3) is 0.121. The number of allylic oxidation sites excluding steroid dienone is 1. The lowest BCUT2D eigenvalue weighted by Gasteiger charge is -2.35. The standard InChI is InChI=1S/C33H26N4O6/c1-18-9-14-25-22(15-18)23(31(38)39)16-26(36-25)19-10-12-21(13-11-19)37-29(33(41)43-3)28(32(40)42-2)27(24(17-34)30(37)35)20-7-5-4-6-8-20/h4-16,27H,35H2,1-3H3,(H,38,39). The van der Waals surface area contributed by atoms with E-state index in [0.717, 1.165) is 5.56 Å². The van der Waals surface area contributed by atoms with Crippen LogP contribution in [0.2, 0.25) is 0 Å². The number of methoxy groups -OCH3 is 2. The average Bonchev–Trinajstić information content (AvgIpc) is 3.03. The van der Waals surface area contributed by atoms with Gasteiger partial charge in [0.1, 0.15) is 11.5 Å². The monoisotopic (exact) mass is 574 g/mol. The molecule has 4 aromatic rings. The van der Waals surface area contributed by atoms with E-state index in [1.54, 1.807) is 66.7 Å². The third kappa shape index (κ3) is 5.04. The van der Waals surface area contributed by atoms with Gasteiger partial charge < -0.3 is 20.3 Å². The highest BCUT2D eigenvalue weighted by Crippen LogP contribution is 2.43. The van der Waals surface area contributed by atoms with E-state index in [1.807, 2.05) is 13.0 Å². The maximum absolute atomic E-state index is 13.3. The number of carboxylic acids is 1. The van der Waals surface area contributed by atoms with Crippen LogP contribution < -0.4 is 10.6 Å². The Bertz CT molecular complexity index is 1890. The van der Waals surface area contributed by atoms with Crippen LogP contribution >= 0.6 is 0 Å². The summed E-state index contributed by atoms with van der Waals surface area (Å²) in [5.41, 5.74) is 9.77. The third-order valence-corrected chi connectivity index (χ3v) is 7.23. The van der Waals surface area contributed by atoms with Crippen molar-refractivity contribution in [1.29, 1.82) is 5.26 Å². The van der Waals surface area contributed by atoms with Crippen molar-refractivity contribution in [1.82, 2.24) is 4.98 Å². The molecule has 1 aliphatic rings. The molecule has 214 valence electrons. The molecular weight excluding hydrogens is 548 g/mol. The van der Waals surface area contributed by atoms with Gasteiger partial charge in [-0.3, -0.25) is 4.90 Å². The van der Waals surface area contributed by atoms with Gasteiger partial charge in [0.05, 0.1) is 54.1 Å². The molecule has 1 atom stereocenters. The molecule has 10 heteroatoms. The molecule has 3 aromatic carbocycles. The Morgan fingerprint density at radius 3 is 2.23 bits per heavy atom. The molecule has 0 bridgehead atoms. The minimum Gasteiger partial charge on any atom is -0.478 e. The number of nitrogens with zero attached hydrogens (tertiary/aromatic N) is 3. The molecule has 0 spiro atoms. The second kappa shape index (κ2) is 11.5. The molecule has 0 amide bonds. The number of carboxylic acid groups (broad SMARTS) is 1. The maximum Gasteiger partial charge on any atom is 0.355 e. The Balaban J connectivity index is 1.68. The zero-order valence-corrected chi connectivity index (χ0v) is 23.5. The van der Waals surface area contributed by atoms with Crippen molar-refractivity contribution in [3.63, 3.8) is 0 Å². The predicted molar refractivity (Wildman–Crippen MR) is 158 cm³/mol. The number of nitriles is 1. The fourth-order valence-corrected chi connectivity index (χ4v) is 5.23. The summed E-state index contributed by atoms with van der Waals surface area (Å²) in [7, 11) is 2.36. The average molecular weight is 575 g/mol. The number of rotatable bonds is 6. The van der Waals surface area contributed by atoms with E-state index in [1.165, 1.54) is 25.2 Å². The van der Waals surface area contributed by atoms with Gasteiger partial charge in [0, 0.05) is 16.6 Å². The number of anilines is 1. The molecule has 1 aromatic heterocycles. The molecular formula is C33H26N4O6. The lowest BCUT2D eigenvalue weighted by molar-refractivity contribution is -0.139. The van der Waals surface area contributed by atoms with E-state index in [-0.39, 0.29) is 28.2 Å². The summed E-state index contributed by atoms with van der Waals surface area (Å²) in [6.07, 6.45) is 0. The molecule has 0 radical (unpaired) electrons. The van der Waals surface area contributed by atoms with Crippen LogP contribution in [0.5, 0.6) is 0 Å². The van der Waals surface area contributed by atoms with Crippen molar-refractivity contribution in [3.05, 3.63) is 118 Å². The van der Waals surface area contributed by atoms with Gasteiger partial charge >= 0.3 is 17.9 Å². The van der Waals surface area contributed by atoms with Crippen LogP contribution in [0.15, 0.2) is 102 Å². The van der Waals surface area contributed by atoms with Crippen LogP contribution in [-0.4, -0.2) is 42.2 Å². The van der Waals surface area contributed by atoms with E-state index in [2.05, 4.69) is 11.1 Å². The number of pyridine rings is 1. The molecule has 0 aliphatic carbocycles. The maximum atomic E-state index is 13.3. The van der Waals surface area contributed by atoms with E-state index in [0.29, 0.717) is 33.4 Å². The van der Waals surface area contributed by atoms with Crippen molar-refractivity contribution in [3.8, 4) is 17.3 Å². The quantitative estimate of drug-likeness (QED) is 0.307. The Kier molecular flexibility index (Phi) is 7.64. The first-order valence-corrected chi connectivity index (χ1v) is 13.1. The Hall–Kier alpha value is -5.95. The van der Waals surface area contributed by atoms with Gasteiger partial charge in [0.15, 0.2) is 0 Å². The summed E-state index contributed by atoms with van der Waals surface area (Å²) in [6.45, 7) is 1.88. The minimum absolute atomic E-state index is 0.0425. The first-order valence-electron chi connectivity index (χ1n) is 13.1. The Labute approximate surface area is 246 Å². The second-order valence-electron chi connectivity index (χ2n) is 9.76. The molecule has 0 fully saturated rings. The van der Waals surface area contributed by atoms with E-state index in [4.69, 9.17) is 15.2 Å². The summed E-state index contributed by atoms with van der Waals surface area (Å²) >= 11 is 0. The first kappa shape index (κ1) is 28.6. The SMILES string of the molecule is COC(=O)C1=C(C(=O)OC)N(c2ccc(-c3cc(C(=O)O)c4cc(C)ccc4n3)cc2)C(N)=C(C#N)C1c1ccccc1. The summed E-state index contributed by atoms with van der Waals surface area (Å²) in [4.78, 5) is 44.5. The molecule has 3 N–H and O–H groups in total. The van der Waals surface area contributed by atoms with Gasteiger partial charge in [-0.1, -0.05) is 54.1 Å². The van der Waals surface area contributed by atoms with Gasteiger partial charge in [0.25, 0.3) is 0 Å². The van der Waals surface area contributed by atoms with Gasteiger partial charge in [-0.15, -0.1) is 0 Å². The highest BCUT2D eigenvalue weighted by molar-refractivity contribution is 6.07. The van der Waals surface area contributed by atoms with Gasteiger partial charge in [-0.2, -0.15) is 5.26 Å². The van der Waals surface area contributed by atoms with Crippen LogP contribution in [0, 0.1) is 18.3 Å². The number of aryl methyl sites for hydroxylation is 1. The van der Waals surface area contributed by atoms with Crippen molar-refractivity contribution >= 4 is 34.5 Å². The number of hydrogen-bond donors (Lipinski definition) is 2. The van der Waals surface area contributed by atoms with Crippen LogP contribution in [0.25, 0.3) is 22.2 Å². The normalized spacial score (nSPS) is 14.8. The van der Waals surface area contributed by atoms with Gasteiger partial charge in [-0.25, -0.2) is 19.4 Å². The van der Waals surface area contributed by atoms with Crippen molar-refractivity contribution < 1.29 is 29.0 Å². The molecule has 2 heterocycles.